The summed E-state index contributed by atoms with van der Waals surface area (Å²) >= 11 is 0. The standard InChI is InChI=1S/C19H24N4O2/c1-19(2,3)16(20)17(24)21-14-10-7-11-15(12-14)23-18(25)22-13-8-5-4-6-9-13/h4-12,16H,20H2,1-3H3,(H,21,24)(H2,22,23,25)/t16-/m1/s1. The van der Waals surface area contributed by atoms with Gasteiger partial charge in [-0.05, 0) is 35.7 Å². The molecular formula is C19H24N4O2. The number of hydrogen-bond acceptors (Lipinski definition) is 3. The number of nitrogens with two attached hydrogens (primary N) is 1. The number of amides is 3. The van der Waals surface area contributed by atoms with Crippen molar-refractivity contribution in [2.45, 2.75) is 26.8 Å². The molecule has 5 N–H and O–H groups in total. The fourth-order valence-electron chi connectivity index (χ4n) is 2.10. The fourth-order valence-corrected chi connectivity index (χ4v) is 2.10. The maximum absolute atomic E-state index is 12.2. The Balaban J connectivity index is 1.99. The van der Waals surface area contributed by atoms with Gasteiger partial charge in [-0.2, -0.15) is 0 Å². The Morgan fingerprint density at radius 1 is 0.840 bits per heavy atom. The van der Waals surface area contributed by atoms with Gasteiger partial charge in [-0.25, -0.2) is 4.79 Å². The van der Waals surface area contributed by atoms with Gasteiger partial charge in [0.2, 0.25) is 5.91 Å². The normalized spacial score (nSPS) is 12.2. The first-order chi connectivity index (χ1) is 11.8. The van der Waals surface area contributed by atoms with E-state index < -0.39 is 6.04 Å². The summed E-state index contributed by atoms with van der Waals surface area (Å²) in [6.07, 6.45) is 0. The van der Waals surface area contributed by atoms with Crippen LogP contribution in [0.3, 0.4) is 0 Å². The van der Waals surface area contributed by atoms with Gasteiger partial charge in [-0.15, -0.1) is 0 Å². The van der Waals surface area contributed by atoms with Crippen LogP contribution in [0.1, 0.15) is 20.8 Å². The second-order valence-corrected chi connectivity index (χ2v) is 6.86. The van der Waals surface area contributed by atoms with Crippen molar-refractivity contribution in [3.63, 3.8) is 0 Å². The average Bonchev–Trinajstić information content (AvgIpc) is 2.54. The van der Waals surface area contributed by atoms with E-state index in [-0.39, 0.29) is 17.4 Å². The lowest BCUT2D eigenvalue weighted by atomic mass is 9.87. The number of hydrogen-bond donors (Lipinski definition) is 4. The van der Waals surface area contributed by atoms with E-state index in [0.717, 1.165) is 0 Å². The van der Waals surface area contributed by atoms with E-state index >= 15 is 0 Å². The van der Waals surface area contributed by atoms with Crippen LogP contribution in [0, 0.1) is 5.41 Å². The first-order valence-corrected chi connectivity index (χ1v) is 8.05. The molecule has 2 aromatic carbocycles. The van der Waals surface area contributed by atoms with Crippen LogP contribution in [-0.4, -0.2) is 18.0 Å². The Morgan fingerprint density at radius 2 is 1.36 bits per heavy atom. The molecule has 0 saturated heterocycles. The maximum atomic E-state index is 12.2. The van der Waals surface area contributed by atoms with Crippen LogP contribution in [0.4, 0.5) is 21.9 Å². The van der Waals surface area contributed by atoms with Gasteiger partial charge >= 0.3 is 6.03 Å². The molecule has 1 atom stereocenters. The van der Waals surface area contributed by atoms with E-state index in [9.17, 15) is 9.59 Å². The first-order valence-electron chi connectivity index (χ1n) is 8.05. The minimum absolute atomic E-state index is 0.265. The molecule has 0 aliphatic rings. The highest BCUT2D eigenvalue weighted by Gasteiger charge is 2.27. The van der Waals surface area contributed by atoms with Crippen LogP contribution in [0.5, 0.6) is 0 Å². The SMILES string of the molecule is CC(C)(C)[C@H](N)C(=O)Nc1cccc(NC(=O)Nc2ccccc2)c1. The summed E-state index contributed by atoms with van der Waals surface area (Å²) in [5, 5.41) is 8.24. The lowest BCUT2D eigenvalue weighted by molar-refractivity contribution is -0.119. The Morgan fingerprint density at radius 3 is 1.96 bits per heavy atom. The number of rotatable bonds is 4. The quantitative estimate of drug-likeness (QED) is 0.684. The summed E-state index contributed by atoms with van der Waals surface area (Å²) in [6.45, 7) is 5.72. The molecule has 0 spiro atoms. The third kappa shape index (κ3) is 5.61. The number of carbonyl (C=O) groups is 2. The molecule has 0 aromatic heterocycles. The fraction of sp³-hybridized carbons (Fsp3) is 0.263. The van der Waals surface area contributed by atoms with Crippen LogP contribution in [0.25, 0.3) is 0 Å². The van der Waals surface area contributed by atoms with Gasteiger partial charge in [0.05, 0.1) is 6.04 Å². The van der Waals surface area contributed by atoms with Gasteiger partial charge in [0.1, 0.15) is 0 Å². The highest BCUT2D eigenvalue weighted by molar-refractivity contribution is 6.00. The van der Waals surface area contributed by atoms with Crippen molar-refractivity contribution >= 4 is 29.0 Å². The molecule has 3 amide bonds. The summed E-state index contributed by atoms with van der Waals surface area (Å²) in [4.78, 5) is 24.2. The molecule has 2 aromatic rings. The van der Waals surface area contributed by atoms with Gasteiger partial charge in [-0.1, -0.05) is 45.0 Å². The number of para-hydroxylation sites is 1. The predicted octanol–water partition coefficient (Wildman–Crippen LogP) is 3.64. The molecule has 0 saturated carbocycles. The molecular weight excluding hydrogens is 316 g/mol. The van der Waals surface area contributed by atoms with Crippen LogP contribution in [0.15, 0.2) is 54.6 Å². The Kier molecular flexibility index (Phi) is 5.77. The molecule has 2 rings (SSSR count). The van der Waals surface area contributed by atoms with Crippen molar-refractivity contribution in [2.75, 3.05) is 16.0 Å². The van der Waals surface area contributed by atoms with E-state index in [1.165, 1.54) is 0 Å². The molecule has 25 heavy (non-hydrogen) atoms. The zero-order chi connectivity index (χ0) is 18.4. The molecule has 132 valence electrons. The van der Waals surface area contributed by atoms with Crippen molar-refractivity contribution in [3.8, 4) is 0 Å². The maximum Gasteiger partial charge on any atom is 0.323 e. The van der Waals surface area contributed by atoms with E-state index in [2.05, 4.69) is 16.0 Å². The molecule has 0 unspecified atom stereocenters. The first kappa shape index (κ1) is 18.5. The second kappa shape index (κ2) is 7.81. The van der Waals surface area contributed by atoms with Crippen molar-refractivity contribution < 1.29 is 9.59 Å². The summed E-state index contributed by atoms with van der Waals surface area (Å²) < 4.78 is 0. The Labute approximate surface area is 147 Å². The highest BCUT2D eigenvalue weighted by atomic mass is 16.2. The largest absolute Gasteiger partial charge is 0.325 e. The van der Waals surface area contributed by atoms with Gasteiger partial charge in [-0.3, -0.25) is 4.79 Å². The van der Waals surface area contributed by atoms with Gasteiger partial charge < -0.3 is 21.7 Å². The molecule has 0 aliphatic heterocycles. The summed E-state index contributed by atoms with van der Waals surface area (Å²) in [7, 11) is 0. The molecule has 0 heterocycles. The van der Waals surface area contributed by atoms with E-state index in [1.807, 2.05) is 39.0 Å². The smallest absolute Gasteiger partial charge is 0.323 e. The summed E-state index contributed by atoms with van der Waals surface area (Å²) in [5.41, 5.74) is 7.45. The van der Waals surface area contributed by atoms with Gasteiger partial charge in [0.25, 0.3) is 0 Å². The Bertz CT molecular complexity index is 739. The number of nitrogens with one attached hydrogen (secondary N) is 3. The van der Waals surface area contributed by atoms with Crippen molar-refractivity contribution in [1.29, 1.82) is 0 Å². The molecule has 6 heteroatoms. The van der Waals surface area contributed by atoms with E-state index in [4.69, 9.17) is 5.73 Å². The summed E-state index contributed by atoms with van der Waals surface area (Å²) in [5.74, 6) is -0.265. The zero-order valence-corrected chi connectivity index (χ0v) is 14.7. The lowest BCUT2D eigenvalue weighted by Crippen LogP contribution is -2.45. The average molecular weight is 340 g/mol. The van der Waals surface area contributed by atoms with E-state index in [0.29, 0.717) is 17.1 Å². The van der Waals surface area contributed by atoms with Crippen LogP contribution in [0.2, 0.25) is 0 Å². The number of anilines is 3. The molecule has 6 nitrogen and oxygen atoms in total. The van der Waals surface area contributed by atoms with Gasteiger partial charge in [0, 0.05) is 17.1 Å². The topological polar surface area (TPSA) is 96.2 Å². The highest BCUT2D eigenvalue weighted by Crippen LogP contribution is 2.20. The van der Waals surface area contributed by atoms with Crippen LogP contribution >= 0.6 is 0 Å². The number of benzene rings is 2. The second-order valence-electron chi connectivity index (χ2n) is 6.86. The summed E-state index contributed by atoms with van der Waals surface area (Å²) in [6, 6.07) is 15.1. The monoisotopic (exact) mass is 340 g/mol. The molecule has 0 fully saturated rings. The lowest BCUT2D eigenvalue weighted by Gasteiger charge is -2.25. The van der Waals surface area contributed by atoms with Crippen molar-refractivity contribution in [1.82, 2.24) is 0 Å². The Hall–Kier alpha value is -2.86. The molecule has 0 aliphatic carbocycles. The van der Waals surface area contributed by atoms with Crippen LogP contribution in [-0.2, 0) is 4.79 Å². The van der Waals surface area contributed by atoms with Crippen molar-refractivity contribution in [2.24, 2.45) is 11.1 Å². The third-order valence-electron chi connectivity index (χ3n) is 3.64. The minimum atomic E-state index is -0.634. The molecule has 0 radical (unpaired) electrons. The zero-order valence-electron chi connectivity index (χ0n) is 14.7. The van der Waals surface area contributed by atoms with E-state index in [1.54, 1.807) is 36.4 Å². The molecule has 0 bridgehead atoms. The third-order valence-corrected chi connectivity index (χ3v) is 3.64. The number of urea groups is 1. The van der Waals surface area contributed by atoms with Crippen molar-refractivity contribution in [3.05, 3.63) is 54.6 Å². The predicted molar refractivity (Wildman–Crippen MR) is 102 cm³/mol. The minimum Gasteiger partial charge on any atom is -0.325 e. The van der Waals surface area contributed by atoms with Crippen LogP contribution < -0.4 is 21.7 Å². The number of carbonyl (C=O) groups excluding carboxylic acids is 2. The van der Waals surface area contributed by atoms with Gasteiger partial charge in [0.15, 0.2) is 0 Å².